The number of urea groups is 1. The fourth-order valence-electron chi connectivity index (χ4n) is 2.84. The molecule has 7 nitrogen and oxygen atoms in total. The van der Waals surface area contributed by atoms with E-state index in [0.717, 1.165) is 23.6 Å². The zero-order valence-corrected chi connectivity index (χ0v) is 13.7. The lowest BCUT2D eigenvalue weighted by molar-refractivity contribution is 0.110. The number of amides is 2. The maximum absolute atomic E-state index is 12.6. The van der Waals surface area contributed by atoms with E-state index in [-0.39, 0.29) is 12.1 Å². The summed E-state index contributed by atoms with van der Waals surface area (Å²) in [6.45, 7) is 4.08. The van der Waals surface area contributed by atoms with Crippen LogP contribution in [-0.2, 0) is 7.05 Å². The van der Waals surface area contributed by atoms with Crippen molar-refractivity contribution in [2.45, 2.75) is 13.0 Å². The number of piperazine rings is 1. The summed E-state index contributed by atoms with van der Waals surface area (Å²) in [7, 11) is 4.05. The normalized spacial score (nSPS) is 18.9. The standard InChI is InChI=1S/C16H22N6O/c1-12-10-17-5-4-13(12)19-16(23)22-9-8-20(2)14(11-22)15-18-6-7-21(15)3/h4-7,10,14H,8-9,11H2,1-3H3,(H,17,19,23)/t14-/m0/s1. The second kappa shape index (κ2) is 6.37. The minimum atomic E-state index is -0.0772. The number of nitrogens with one attached hydrogen (secondary N) is 1. The summed E-state index contributed by atoms with van der Waals surface area (Å²) in [6.07, 6.45) is 7.16. The van der Waals surface area contributed by atoms with E-state index in [1.807, 2.05) is 35.7 Å². The minimum Gasteiger partial charge on any atom is -0.337 e. The summed E-state index contributed by atoms with van der Waals surface area (Å²) >= 11 is 0. The highest BCUT2D eigenvalue weighted by Crippen LogP contribution is 2.23. The molecule has 0 bridgehead atoms. The van der Waals surface area contributed by atoms with E-state index in [0.29, 0.717) is 13.1 Å². The summed E-state index contributed by atoms with van der Waals surface area (Å²) in [6, 6.07) is 1.85. The third kappa shape index (κ3) is 3.19. The SMILES string of the molecule is Cc1cnccc1NC(=O)N1CCN(C)[C@H](c2nccn2C)C1. The van der Waals surface area contributed by atoms with Gasteiger partial charge in [0.05, 0.1) is 6.04 Å². The lowest BCUT2D eigenvalue weighted by atomic mass is 10.1. The lowest BCUT2D eigenvalue weighted by Crippen LogP contribution is -2.50. The van der Waals surface area contributed by atoms with E-state index in [4.69, 9.17) is 0 Å². The molecule has 0 spiro atoms. The van der Waals surface area contributed by atoms with Crippen molar-refractivity contribution < 1.29 is 4.79 Å². The van der Waals surface area contributed by atoms with Gasteiger partial charge < -0.3 is 14.8 Å². The van der Waals surface area contributed by atoms with Crippen LogP contribution in [0.1, 0.15) is 17.4 Å². The Morgan fingerprint density at radius 3 is 2.83 bits per heavy atom. The molecule has 2 amide bonds. The van der Waals surface area contributed by atoms with E-state index in [9.17, 15) is 4.79 Å². The van der Waals surface area contributed by atoms with Crippen molar-refractivity contribution in [3.8, 4) is 0 Å². The van der Waals surface area contributed by atoms with Crippen LogP contribution >= 0.6 is 0 Å². The molecule has 0 radical (unpaired) electrons. The largest absolute Gasteiger partial charge is 0.337 e. The molecule has 3 heterocycles. The monoisotopic (exact) mass is 314 g/mol. The zero-order chi connectivity index (χ0) is 16.4. The van der Waals surface area contributed by atoms with Gasteiger partial charge in [-0.15, -0.1) is 0 Å². The number of pyridine rings is 1. The van der Waals surface area contributed by atoms with Gasteiger partial charge in [0, 0.05) is 57.2 Å². The van der Waals surface area contributed by atoms with E-state index < -0.39 is 0 Å². The van der Waals surface area contributed by atoms with Crippen molar-refractivity contribution in [2.24, 2.45) is 7.05 Å². The van der Waals surface area contributed by atoms with Gasteiger partial charge in [-0.2, -0.15) is 0 Å². The average Bonchev–Trinajstić information content (AvgIpc) is 2.96. The highest BCUT2D eigenvalue weighted by atomic mass is 16.2. The molecule has 7 heteroatoms. The van der Waals surface area contributed by atoms with Crippen molar-refractivity contribution in [3.63, 3.8) is 0 Å². The Bertz CT molecular complexity index is 697. The Kier molecular flexibility index (Phi) is 4.29. The quantitative estimate of drug-likeness (QED) is 0.915. The summed E-state index contributed by atoms with van der Waals surface area (Å²) in [4.78, 5) is 25.1. The number of aryl methyl sites for hydroxylation is 2. The first kappa shape index (κ1) is 15.5. The van der Waals surface area contributed by atoms with Gasteiger partial charge in [-0.1, -0.05) is 0 Å². The van der Waals surface area contributed by atoms with E-state index in [1.54, 1.807) is 18.6 Å². The topological polar surface area (TPSA) is 66.3 Å². The van der Waals surface area contributed by atoms with Crippen LogP contribution in [0.15, 0.2) is 30.9 Å². The van der Waals surface area contributed by atoms with Gasteiger partial charge >= 0.3 is 6.03 Å². The smallest absolute Gasteiger partial charge is 0.321 e. The minimum absolute atomic E-state index is 0.0772. The number of likely N-dealkylation sites (N-methyl/N-ethyl adjacent to an activating group) is 1. The first-order valence-electron chi connectivity index (χ1n) is 7.70. The van der Waals surface area contributed by atoms with Gasteiger partial charge in [-0.05, 0) is 25.6 Å². The van der Waals surface area contributed by atoms with E-state index in [1.165, 1.54) is 0 Å². The molecule has 1 fully saturated rings. The molecule has 0 aliphatic carbocycles. The van der Waals surface area contributed by atoms with Gasteiger partial charge in [-0.25, -0.2) is 9.78 Å². The number of carbonyl (C=O) groups excluding carboxylic acids is 1. The number of rotatable bonds is 2. The number of hydrogen-bond acceptors (Lipinski definition) is 4. The molecule has 3 rings (SSSR count). The zero-order valence-electron chi connectivity index (χ0n) is 13.7. The number of imidazole rings is 1. The van der Waals surface area contributed by atoms with Crippen LogP contribution in [-0.4, -0.2) is 57.0 Å². The number of carbonyl (C=O) groups is 1. The molecular weight excluding hydrogens is 292 g/mol. The maximum atomic E-state index is 12.6. The van der Waals surface area contributed by atoms with Gasteiger partial charge in [-0.3, -0.25) is 9.88 Å². The van der Waals surface area contributed by atoms with Gasteiger partial charge in [0.1, 0.15) is 5.82 Å². The first-order chi connectivity index (χ1) is 11.1. The van der Waals surface area contributed by atoms with Crippen LogP contribution < -0.4 is 5.32 Å². The van der Waals surface area contributed by atoms with E-state index >= 15 is 0 Å². The Balaban J connectivity index is 1.72. The van der Waals surface area contributed by atoms with Crippen molar-refractivity contribution in [3.05, 3.63) is 42.2 Å². The van der Waals surface area contributed by atoms with Crippen molar-refractivity contribution in [1.29, 1.82) is 0 Å². The molecule has 2 aromatic heterocycles. The fraction of sp³-hybridized carbons (Fsp3) is 0.438. The molecule has 0 saturated carbocycles. The highest BCUT2D eigenvalue weighted by molar-refractivity contribution is 5.90. The first-order valence-corrected chi connectivity index (χ1v) is 7.70. The molecule has 0 unspecified atom stereocenters. The molecule has 122 valence electrons. The number of hydrogen-bond donors (Lipinski definition) is 1. The molecule has 0 aromatic carbocycles. The third-order valence-corrected chi connectivity index (χ3v) is 4.35. The van der Waals surface area contributed by atoms with Crippen molar-refractivity contribution in [2.75, 3.05) is 32.0 Å². The Morgan fingerprint density at radius 1 is 1.30 bits per heavy atom. The second-order valence-electron chi connectivity index (χ2n) is 5.96. The summed E-state index contributed by atoms with van der Waals surface area (Å²) in [5.74, 6) is 0.977. The molecule has 2 aromatic rings. The van der Waals surface area contributed by atoms with Gasteiger partial charge in [0.25, 0.3) is 0 Å². The maximum Gasteiger partial charge on any atom is 0.321 e. The molecule has 1 saturated heterocycles. The molecule has 1 atom stereocenters. The second-order valence-corrected chi connectivity index (χ2v) is 5.96. The predicted molar refractivity (Wildman–Crippen MR) is 88.1 cm³/mol. The molecule has 1 aliphatic rings. The third-order valence-electron chi connectivity index (χ3n) is 4.35. The fourth-order valence-corrected chi connectivity index (χ4v) is 2.84. The number of aromatic nitrogens is 3. The number of nitrogens with zero attached hydrogens (tertiary/aromatic N) is 5. The predicted octanol–water partition coefficient (Wildman–Crippen LogP) is 1.64. The Labute approximate surface area is 135 Å². The van der Waals surface area contributed by atoms with Crippen molar-refractivity contribution >= 4 is 11.7 Å². The summed E-state index contributed by atoms with van der Waals surface area (Å²) in [5.41, 5.74) is 1.76. The Hall–Kier alpha value is -2.41. The van der Waals surface area contributed by atoms with Crippen LogP contribution in [0, 0.1) is 6.92 Å². The Morgan fingerprint density at radius 2 is 2.13 bits per heavy atom. The summed E-state index contributed by atoms with van der Waals surface area (Å²) < 4.78 is 2.01. The lowest BCUT2D eigenvalue weighted by Gasteiger charge is -2.38. The van der Waals surface area contributed by atoms with Crippen LogP contribution in [0.5, 0.6) is 0 Å². The van der Waals surface area contributed by atoms with Gasteiger partial charge in [0.15, 0.2) is 0 Å². The molecule has 1 N–H and O–H groups in total. The average molecular weight is 314 g/mol. The van der Waals surface area contributed by atoms with E-state index in [2.05, 4.69) is 27.2 Å². The van der Waals surface area contributed by atoms with Crippen LogP contribution in [0.3, 0.4) is 0 Å². The highest BCUT2D eigenvalue weighted by Gasteiger charge is 2.30. The summed E-state index contributed by atoms with van der Waals surface area (Å²) in [5, 5.41) is 2.98. The van der Waals surface area contributed by atoms with Crippen LogP contribution in [0.25, 0.3) is 0 Å². The van der Waals surface area contributed by atoms with Gasteiger partial charge in [0.2, 0.25) is 0 Å². The van der Waals surface area contributed by atoms with Crippen LogP contribution in [0.4, 0.5) is 10.5 Å². The number of anilines is 1. The molecule has 1 aliphatic heterocycles. The molecule has 23 heavy (non-hydrogen) atoms. The van der Waals surface area contributed by atoms with Crippen molar-refractivity contribution in [1.82, 2.24) is 24.3 Å². The molecular formula is C16H22N6O. The van der Waals surface area contributed by atoms with Crippen LogP contribution in [0.2, 0.25) is 0 Å².